The standard InChI is InChI=1S/C22H43N2O/c1-4-5-6-7-8-9-10-11-12-13-14-15-16-23-17-18-24(21-23)19-22(2,3)20-25/h17-18,21,25H,4-16,19-20H2,1-3H3/q+1. The summed E-state index contributed by atoms with van der Waals surface area (Å²) < 4.78 is 4.47. The van der Waals surface area contributed by atoms with E-state index in [1.54, 1.807) is 0 Å². The Kier molecular flexibility index (Phi) is 11.9. The van der Waals surface area contributed by atoms with Crippen LogP contribution in [-0.2, 0) is 13.1 Å². The lowest BCUT2D eigenvalue weighted by Crippen LogP contribution is -2.41. The topological polar surface area (TPSA) is 29.0 Å². The van der Waals surface area contributed by atoms with E-state index in [4.69, 9.17) is 0 Å². The van der Waals surface area contributed by atoms with Gasteiger partial charge < -0.3 is 5.11 Å². The number of rotatable bonds is 16. The summed E-state index contributed by atoms with van der Waals surface area (Å²) in [6.07, 6.45) is 23.3. The van der Waals surface area contributed by atoms with Crippen LogP contribution in [0.2, 0.25) is 0 Å². The number of aliphatic hydroxyl groups excluding tert-OH is 1. The van der Waals surface area contributed by atoms with Crippen LogP contribution in [0.5, 0.6) is 0 Å². The van der Waals surface area contributed by atoms with Crippen molar-refractivity contribution >= 4 is 0 Å². The number of aromatic nitrogens is 2. The first-order valence-electron chi connectivity index (χ1n) is 10.7. The predicted molar refractivity (Wildman–Crippen MR) is 107 cm³/mol. The number of aliphatic hydroxyl groups is 1. The summed E-state index contributed by atoms with van der Waals surface area (Å²) in [5.74, 6) is 0. The van der Waals surface area contributed by atoms with Crippen molar-refractivity contribution in [3.8, 4) is 0 Å². The van der Waals surface area contributed by atoms with Gasteiger partial charge in [0.15, 0.2) is 0 Å². The second-order valence-electron chi connectivity index (χ2n) is 8.54. The molecule has 0 spiro atoms. The Balaban J connectivity index is 1.96. The number of imidazole rings is 1. The molecule has 3 heteroatoms. The zero-order chi connectivity index (χ0) is 18.4. The van der Waals surface area contributed by atoms with Gasteiger partial charge in [0.1, 0.15) is 12.4 Å². The van der Waals surface area contributed by atoms with Crippen LogP contribution in [-0.4, -0.2) is 16.3 Å². The Hall–Kier alpha value is -0.830. The summed E-state index contributed by atoms with van der Waals surface area (Å²) in [7, 11) is 0. The van der Waals surface area contributed by atoms with Crippen molar-refractivity contribution in [2.75, 3.05) is 6.61 Å². The van der Waals surface area contributed by atoms with Crippen molar-refractivity contribution in [3.63, 3.8) is 0 Å². The molecular weight excluding hydrogens is 308 g/mol. The van der Waals surface area contributed by atoms with Crippen LogP contribution in [0.4, 0.5) is 0 Å². The highest BCUT2D eigenvalue weighted by Crippen LogP contribution is 2.14. The molecule has 0 aliphatic rings. The molecule has 0 saturated carbocycles. The molecule has 3 nitrogen and oxygen atoms in total. The molecule has 0 atom stereocenters. The zero-order valence-electron chi connectivity index (χ0n) is 17.2. The fourth-order valence-corrected chi connectivity index (χ4v) is 3.34. The van der Waals surface area contributed by atoms with Gasteiger partial charge in [0.25, 0.3) is 0 Å². The minimum absolute atomic E-state index is 0.0488. The Morgan fingerprint density at radius 1 is 0.840 bits per heavy atom. The lowest BCUT2D eigenvalue weighted by molar-refractivity contribution is -0.708. The molecule has 1 N–H and O–H groups in total. The maximum atomic E-state index is 9.37. The molecule has 0 aromatic carbocycles. The molecule has 0 aliphatic carbocycles. The van der Waals surface area contributed by atoms with Crippen molar-refractivity contribution < 1.29 is 9.67 Å². The smallest absolute Gasteiger partial charge is 0.243 e. The van der Waals surface area contributed by atoms with Gasteiger partial charge in [0, 0.05) is 5.41 Å². The Bertz CT molecular complexity index is 425. The van der Waals surface area contributed by atoms with Crippen LogP contribution in [0.15, 0.2) is 18.7 Å². The summed E-state index contributed by atoms with van der Waals surface area (Å²) >= 11 is 0. The van der Waals surface area contributed by atoms with E-state index in [9.17, 15) is 5.11 Å². The second-order valence-corrected chi connectivity index (χ2v) is 8.54. The van der Waals surface area contributed by atoms with E-state index in [0.29, 0.717) is 0 Å². The largest absolute Gasteiger partial charge is 0.396 e. The number of aryl methyl sites for hydroxylation is 1. The lowest BCUT2D eigenvalue weighted by Gasteiger charge is -2.18. The predicted octanol–water partition coefficient (Wildman–Crippen LogP) is 5.50. The molecule has 1 aromatic rings. The fraction of sp³-hybridized carbons (Fsp3) is 0.864. The van der Waals surface area contributed by atoms with Crippen LogP contribution in [0, 0.1) is 5.41 Å². The van der Waals surface area contributed by atoms with Crippen LogP contribution in [0.25, 0.3) is 0 Å². The third kappa shape index (κ3) is 11.4. The van der Waals surface area contributed by atoms with Crippen molar-refractivity contribution in [1.29, 1.82) is 0 Å². The second kappa shape index (κ2) is 13.4. The summed E-state index contributed by atoms with van der Waals surface area (Å²) in [4.78, 5) is 0. The number of unbranched alkanes of at least 4 members (excludes halogenated alkanes) is 11. The van der Waals surface area contributed by atoms with Crippen molar-refractivity contribution in [2.24, 2.45) is 5.41 Å². The molecule has 0 saturated heterocycles. The van der Waals surface area contributed by atoms with E-state index in [1.807, 2.05) is 0 Å². The van der Waals surface area contributed by atoms with E-state index >= 15 is 0 Å². The lowest BCUT2D eigenvalue weighted by atomic mass is 9.95. The van der Waals surface area contributed by atoms with Gasteiger partial charge in [0.05, 0.1) is 19.7 Å². The maximum Gasteiger partial charge on any atom is 0.243 e. The van der Waals surface area contributed by atoms with Crippen LogP contribution >= 0.6 is 0 Å². The van der Waals surface area contributed by atoms with Gasteiger partial charge in [-0.3, -0.25) is 0 Å². The highest BCUT2D eigenvalue weighted by molar-refractivity contribution is 4.68. The summed E-state index contributed by atoms with van der Waals surface area (Å²) in [5.41, 5.74) is -0.0488. The Morgan fingerprint density at radius 2 is 1.36 bits per heavy atom. The first kappa shape index (κ1) is 22.2. The third-order valence-corrected chi connectivity index (χ3v) is 5.05. The summed E-state index contributed by atoms with van der Waals surface area (Å²) in [5, 5.41) is 9.37. The highest BCUT2D eigenvalue weighted by atomic mass is 16.3. The molecule has 146 valence electrons. The molecule has 25 heavy (non-hydrogen) atoms. The van der Waals surface area contributed by atoms with E-state index in [1.165, 1.54) is 77.0 Å². The maximum absolute atomic E-state index is 9.37. The zero-order valence-corrected chi connectivity index (χ0v) is 17.2. The highest BCUT2D eigenvalue weighted by Gasteiger charge is 2.20. The van der Waals surface area contributed by atoms with E-state index < -0.39 is 0 Å². The fourth-order valence-electron chi connectivity index (χ4n) is 3.34. The Labute approximate surface area is 156 Å². The molecule has 0 unspecified atom stereocenters. The van der Waals surface area contributed by atoms with E-state index in [-0.39, 0.29) is 12.0 Å². The van der Waals surface area contributed by atoms with Gasteiger partial charge in [-0.15, -0.1) is 0 Å². The minimum atomic E-state index is -0.0488. The molecule has 1 aromatic heterocycles. The summed E-state index contributed by atoms with van der Waals surface area (Å²) in [6, 6.07) is 0. The van der Waals surface area contributed by atoms with Crippen LogP contribution in [0.1, 0.15) is 97.8 Å². The molecule has 1 rings (SSSR count). The van der Waals surface area contributed by atoms with Crippen LogP contribution < -0.4 is 4.57 Å². The van der Waals surface area contributed by atoms with Crippen molar-refractivity contribution in [1.82, 2.24) is 4.57 Å². The number of nitrogens with zero attached hydrogens (tertiary/aromatic N) is 2. The Morgan fingerprint density at radius 3 is 1.88 bits per heavy atom. The van der Waals surface area contributed by atoms with Gasteiger partial charge in [-0.25, -0.2) is 9.13 Å². The number of hydrogen-bond acceptors (Lipinski definition) is 1. The van der Waals surface area contributed by atoms with E-state index in [0.717, 1.165) is 13.1 Å². The minimum Gasteiger partial charge on any atom is -0.396 e. The first-order chi connectivity index (χ1) is 12.1. The average Bonchev–Trinajstić information content (AvgIpc) is 3.02. The molecule has 0 amide bonds. The van der Waals surface area contributed by atoms with Gasteiger partial charge >= 0.3 is 0 Å². The quantitative estimate of drug-likeness (QED) is 0.309. The van der Waals surface area contributed by atoms with Gasteiger partial charge in [-0.05, 0) is 12.8 Å². The molecule has 0 aliphatic heterocycles. The average molecular weight is 352 g/mol. The monoisotopic (exact) mass is 351 g/mol. The SMILES string of the molecule is CCCCCCCCCCCCCCn1cc[n+](CC(C)(C)CO)c1. The molecule has 0 fully saturated rings. The first-order valence-corrected chi connectivity index (χ1v) is 10.7. The van der Waals surface area contributed by atoms with Gasteiger partial charge in [-0.2, -0.15) is 0 Å². The number of hydrogen-bond donors (Lipinski definition) is 1. The molecular formula is C22H43N2O+. The summed E-state index contributed by atoms with van der Waals surface area (Å²) in [6.45, 7) is 8.69. The van der Waals surface area contributed by atoms with Gasteiger partial charge in [-0.1, -0.05) is 85.0 Å². The molecule has 0 radical (unpaired) electrons. The van der Waals surface area contributed by atoms with Crippen molar-refractivity contribution in [2.45, 2.75) is 111 Å². The normalized spacial score (nSPS) is 12.0. The molecule has 1 heterocycles. The van der Waals surface area contributed by atoms with E-state index in [2.05, 4.69) is 48.6 Å². The van der Waals surface area contributed by atoms with Gasteiger partial charge in [0.2, 0.25) is 6.33 Å². The van der Waals surface area contributed by atoms with Crippen LogP contribution in [0.3, 0.4) is 0 Å². The van der Waals surface area contributed by atoms with Crippen molar-refractivity contribution in [3.05, 3.63) is 18.7 Å². The third-order valence-electron chi connectivity index (χ3n) is 5.05. The molecule has 0 bridgehead atoms.